The van der Waals surface area contributed by atoms with Gasteiger partial charge in [0.05, 0.1) is 0 Å². The molecule has 0 amide bonds. The van der Waals surface area contributed by atoms with Gasteiger partial charge in [-0.1, -0.05) is 12.1 Å². The van der Waals surface area contributed by atoms with Crippen LogP contribution in [0.5, 0.6) is 0 Å². The number of thiophene rings is 1. The molecule has 0 fully saturated rings. The molecule has 80 valence electrons. The number of nitrogens with zero attached hydrogens (tertiary/aromatic N) is 3. The summed E-state index contributed by atoms with van der Waals surface area (Å²) in [6, 6.07) is 8.22. The van der Waals surface area contributed by atoms with E-state index < -0.39 is 0 Å². The third kappa shape index (κ3) is 1.72. The van der Waals surface area contributed by atoms with E-state index in [4.69, 9.17) is 0 Å². The summed E-state index contributed by atoms with van der Waals surface area (Å²) in [5, 5.41) is 6.54. The first-order chi connectivity index (χ1) is 7.81. The van der Waals surface area contributed by atoms with Crippen molar-refractivity contribution in [1.82, 2.24) is 14.6 Å². The molecule has 0 N–H and O–H groups in total. The van der Waals surface area contributed by atoms with Gasteiger partial charge in [0.25, 0.3) is 0 Å². The van der Waals surface area contributed by atoms with Crippen molar-refractivity contribution in [2.45, 2.75) is 13.3 Å². The Hall–Kier alpha value is -1.68. The summed E-state index contributed by atoms with van der Waals surface area (Å²) >= 11 is 1.74. The van der Waals surface area contributed by atoms with Gasteiger partial charge in [-0.3, -0.25) is 0 Å². The molecule has 3 aromatic heterocycles. The molecule has 0 radical (unpaired) electrons. The lowest BCUT2D eigenvalue weighted by atomic mass is 10.3. The normalized spacial score (nSPS) is 11.1. The van der Waals surface area contributed by atoms with Gasteiger partial charge in [0, 0.05) is 17.5 Å². The molecule has 3 nitrogen and oxygen atoms in total. The lowest BCUT2D eigenvalue weighted by Gasteiger charge is -1.91. The van der Waals surface area contributed by atoms with Gasteiger partial charge in [0.15, 0.2) is 11.5 Å². The third-order valence-corrected chi connectivity index (χ3v) is 3.31. The maximum absolute atomic E-state index is 4.49. The zero-order chi connectivity index (χ0) is 11.0. The lowest BCUT2D eigenvalue weighted by molar-refractivity contribution is 0.899. The Balaban J connectivity index is 1.99. The Morgan fingerprint density at radius 1 is 1.31 bits per heavy atom. The molecule has 3 heterocycles. The highest BCUT2D eigenvalue weighted by Crippen LogP contribution is 2.13. The number of pyridine rings is 1. The van der Waals surface area contributed by atoms with Crippen LogP contribution in [0.15, 0.2) is 35.8 Å². The zero-order valence-corrected chi connectivity index (χ0v) is 9.74. The molecular weight excluding hydrogens is 218 g/mol. The molecule has 0 bridgehead atoms. The second-order valence-electron chi connectivity index (χ2n) is 3.79. The molecule has 16 heavy (non-hydrogen) atoms. The van der Waals surface area contributed by atoms with Crippen LogP contribution >= 0.6 is 11.3 Å². The lowest BCUT2D eigenvalue weighted by Crippen LogP contribution is -1.90. The Labute approximate surface area is 97.4 Å². The molecule has 0 aliphatic carbocycles. The van der Waals surface area contributed by atoms with E-state index in [-0.39, 0.29) is 0 Å². The van der Waals surface area contributed by atoms with Crippen molar-refractivity contribution in [2.75, 3.05) is 0 Å². The van der Waals surface area contributed by atoms with Gasteiger partial charge >= 0.3 is 0 Å². The predicted molar refractivity (Wildman–Crippen MR) is 64.8 cm³/mol. The summed E-state index contributed by atoms with van der Waals surface area (Å²) < 4.78 is 1.85. The fourth-order valence-electron chi connectivity index (χ4n) is 1.68. The zero-order valence-electron chi connectivity index (χ0n) is 8.92. The van der Waals surface area contributed by atoms with Crippen LogP contribution in [0.2, 0.25) is 0 Å². The highest BCUT2D eigenvalue weighted by Gasteiger charge is 2.04. The van der Waals surface area contributed by atoms with Crippen molar-refractivity contribution in [3.8, 4) is 0 Å². The smallest absolute Gasteiger partial charge is 0.156 e. The van der Waals surface area contributed by atoms with Crippen LogP contribution in [0, 0.1) is 6.92 Å². The fraction of sp³-hybridized carbons (Fsp3) is 0.167. The molecule has 0 saturated carbocycles. The van der Waals surface area contributed by atoms with Crippen molar-refractivity contribution < 1.29 is 0 Å². The maximum atomic E-state index is 4.49. The Morgan fingerprint density at radius 2 is 2.25 bits per heavy atom. The van der Waals surface area contributed by atoms with E-state index in [1.807, 2.05) is 16.8 Å². The van der Waals surface area contributed by atoms with E-state index in [0.717, 1.165) is 17.9 Å². The summed E-state index contributed by atoms with van der Waals surface area (Å²) in [6.45, 7) is 2.06. The second kappa shape index (κ2) is 3.72. The minimum absolute atomic E-state index is 0.818. The monoisotopic (exact) mass is 229 g/mol. The first kappa shape index (κ1) is 9.54. The Bertz CT molecular complexity index is 610. The summed E-state index contributed by atoms with van der Waals surface area (Å²) in [5.74, 6) is 0.882. The standard InChI is InChI=1S/C12H11N3S/c1-9-4-5-12-13-11(14-15(12)8-9)7-10-3-2-6-16-10/h2-6,8H,7H2,1H3. The average Bonchev–Trinajstić information content (AvgIpc) is 2.86. The summed E-state index contributed by atoms with van der Waals surface area (Å²) in [6.07, 6.45) is 2.82. The highest BCUT2D eigenvalue weighted by molar-refractivity contribution is 7.09. The first-order valence-corrected chi connectivity index (χ1v) is 6.03. The van der Waals surface area contributed by atoms with Gasteiger partial charge in [-0.05, 0) is 30.0 Å². The first-order valence-electron chi connectivity index (χ1n) is 5.15. The highest BCUT2D eigenvalue weighted by atomic mass is 32.1. The second-order valence-corrected chi connectivity index (χ2v) is 4.83. The SMILES string of the molecule is Cc1ccc2nc(Cc3cccs3)nn2c1. The van der Waals surface area contributed by atoms with Crippen molar-refractivity contribution in [3.05, 3.63) is 52.1 Å². The molecule has 0 atom stereocenters. The molecule has 0 spiro atoms. The molecule has 0 aromatic carbocycles. The van der Waals surface area contributed by atoms with Crippen LogP contribution < -0.4 is 0 Å². The van der Waals surface area contributed by atoms with Crippen molar-refractivity contribution in [2.24, 2.45) is 0 Å². The number of fused-ring (bicyclic) bond motifs is 1. The molecule has 0 unspecified atom stereocenters. The molecule has 0 aliphatic heterocycles. The predicted octanol–water partition coefficient (Wildman–Crippen LogP) is 2.69. The van der Waals surface area contributed by atoms with Crippen LogP contribution in [0.4, 0.5) is 0 Å². The van der Waals surface area contributed by atoms with E-state index in [2.05, 4.69) is 40.6 Å². The van der Waals surface area contributed by atoms with E-state index in [9.17, 15) is 0 Å². The number of hydrogen-bond donors (Lipinski definition) is 0. The minimum Gasteiger partial charge on any atom is -0.221 e. The van der Waals surface area contributed by atoms with E-state index >= 15 is 0 Å². The quantitative estimate of drug-likeness (QED) is 0.676. The molecule has 3 aromatic rings. The minimum atomic E-state index is 0.818. The van der Waals surface area contributed by atoms with Crippen LogP contribution in [0.25, 0.3) is 5.65 Å². The van der Waals surface area contributed by atoms with E-state index in [1.165, 1.54) is 10.4 Å². The third-order valence-electron chi connectivity index (χ3n) is 2.44. The summed E-state index contributed by atoms with van der Waals surface area (Å²) in [5.41, 5.74) is 2.11. The van der Waals surface area contributed by atoms with Crippen LogP contribution in [-0.2, 0) is 6.42 Å². The van der Waals surface area contributed by atoms with Gasteiger partial charge < -0.3 is 0 Å². The van der Waals surface area contributed by atoms with Crippen LogP contribution in [0.1, 0.15) is 16.3 Å². The Morgan fingerprint density at radius 3 is 3.06 bits per heavy atom. The average molecular weight is 229 g/mol. The molecule has 0 aliphatic rings. The van der Waals surface area contributed by atoms with Gasteiger partial charge in [-0.25, -0.2) is 9.50 Å². The van der Waals surface area contributed by atoms with Crippen molar-refractivity contribution in [3.63, 3.8) is 0 Å². The van der Waals surface area contributed by atoms with Gasteiger partial charge in [0.1, 0.15) is 0 Å². The summed E-state index contributed by atoms with van der Waals surface area (Å²) in [7, 11) is 0. The van der Waals surface area contributed by atoms with Gasteiger partial charge in [0.2, 0.25) is 0 Å². The van der Waals surface area contributed by atoms with E-state index in [0.29, 0.717) is 0 Å². The van der Waals surface area contributed by atoms with Crippen molar-refractivity contribution in [1.29, 1.82) is 0 Å². The molecular formula is C12H11N3S. The van der Waals surface area contributed by atoms with Gasteiger partial charge in [-0.2, -0.15) is 5.10 Å². The number of hydrogen-bond acceptors (Lipinski definition) is 3. The number of aromatic nitrogens is 3. The fourth-order valence-corrected chi connectivity index (χ4v) is 2.38. The molecule has 0 saturated heterocycles. The number of rotatable bonds is 2. The molecule has 4 heteroatoms. The van der Waals surface area contributed by atoms with Crippen molar-refractivity contribution >= 4 is 17.0 Å². The van der Waals surface area contributed by atoms with Gasteiger partial charge in [-0.15, -0.1) is 11.3 Å². The largest absolute Gasteiger partial charge is 0.221 e. The maximum Gasteiger partial charge on any atom is 0.156 e. The topological polar surface area (TPSA) is 30.2 Å². The van der Waals surface area contributed by atoms with E-state index in [1.54, 1.807) is 11.3 Å². The molecule has 3 rings (SSSR count). The Kier molecular flexibility index (Phi) is 2.22. The number of aryl methyl sites for hydroxylation is 1. The van der Waals surface area contributed by atoms with Crippen LogP contribution in [0.3, 0.4) is 0 Å². The van der Waals surface area contributed by atoms with Crippen LogP contribution in [-0.4, -0.2) is 14.6 Å². The summed E-state index contributed by atoms with van der Waals surface area (Å²) in [4.78, 5) is 5.79.